The van der Waals surface area contributed by atoms with Gasteiger partial charge in [-0.1, -0.05) is 48.0 Å². The second kappa shape index (κ2) is 11.7. The molecular weight excluding hydrogens is 538 g/mol. The van der Waals surface area contributed by atoms with Gasteiger partial charge in [0.05, 0.1) is 23.6 Å². The number of anilines is 1. The van der Waals surface area contributed by atoms with Gasteiger partial charge in [0.15, 0.2) is 0 Å². The molecule has 0 spiro atoms. The van der Waals surface area contributed by atoms with Crippen molar-refractivity contribution in [2.45, 2.75) is 6.54 Å². The summed E-state index contributed by atoms with van der Waals surface area (Å²) in [4.78, 5) is 39.5. The Morgan fingerprint density at radius 1 is 1.05 bits per heavy atom. The molecule has 0 saturated carbocycles. The number of benzene rings is 3. The number of carbonyl (C=O) groups excluding carboxylic acids is 3. The van der Waals surface area contributed by atoms with E-state index in [4.69, 9.17) is 21.1 Å². The molecular formula is C29H24ClN3O5S. The zero-order valence-corrected chi connectivity index (χ0v) is 22.5. The number of rotatable bonds is 9. The Labute approximate surface area is 234 Å². The van der Waals surface area contributed by atoms with Crippen LogP contribution in [0.25, 0.3) is 17.0 Å². The van der Waals surface area contributed by atoms with Crippen LogP contribution >= 0.6 is 23.4 Å². The van der Waals surface area contributed by atoms with E-state index in [1.54, 1.807) is 18.2 Å². The highest BCUT2D eigenvalue weighted by atomic mass is 35.5. The van der Waals surface area contributed by atoms with Crippen molar-refractivity contribution in [1.29, 1.82) is 0 Å². The standard InChI is InChI=1S/C29H24ClN3O5S/c1-37-25-12-11-20(16-23(25)30)31-27(34)18-33-28(35)26(39-29(33)36)15-19-17-32(24-10-6-5-9-22(19)24)13-14-38-21-7-3-2-4-8-21/h2-12,15-17H,13-14,18H2,1H3,(H,31,34)/b26-15-. The second-order valence-corrected chi connectivity index (χ2v) is 10.0. The van der Waals surface area contributed by atoms with E-state index < -0.39 is 23.6 Å². The molecule has 3 amide bonds. The lowest BCUT2D eigenvalue weighted by Crippen LogP contribution is -2.36. The Balaban J connectivity index is 1.29. The number of fused-ring (bicyclic) bond motifs is 1. The van der Waals surface area contributed by atoms with Gasteiger partial charge >= 0.3 is 0 Å². The summed E-state index contributed by atoms with van der Waals surface area (Å²) < 4.78 is 13.0. The maximum absolute atomic E-state index is 13.1. The summed E-state index contributed by atoms with van der Waals surface area (Å²) in [5.74, 6) is 0.227. The maximum atomic E-state index is 13.1. The van der Waals surface area contributed by atoms with Crippen LogP contribution in [0.1, 0.15) is 5.56 Å². The largest absolute Gasteiger partial charge is 0.495 e. The number of nitrogens with one attached hydrogen (secondary N) is 1. The third-order valence-corrected chi connectivity index (χ3v) is 7.26. The average Bonchev–Trinajstić information content (AvgIpc) is 3.41. The second-order valence-electron chi connectivity index (χ2n) is 8.62. The molecule has 1 aliphatic heterocycles. The lowest BCUT2D eigenvalue weighted by Gasteiger charge is -2.13. The predicted molar refractivity (Wildman–Crippen MR) is 153 cm³/mol. The summed E-state index contributed by atoms with van der Waals surface area (Å²) in [6.07, 6.45) is 3.63. The minimum atomic E-state index is -0.519. The SMILES string of the molecule is COc1ccc(NC(=O)CN2C(=O)S/C(=C\c3cn(CCOc4ccccc4)c4ccccc34)C2=O)cc1Cl. The number of aromatic nitrogens is 1. The first-order valence-electron chi connectivity index (χ1n) is 12.1. The number of nitrogens with zero attached hydrogens (tertiary/aromatic N) is 2. The summed E-state index contributed by atoms with van der Waals surface area (Å²) in [5, 5.41) is 3.42. The monoisotopic (exact) mass is 561 g/mol. The summed E-state index contributed by atoms with van der Waals surface area (Å²) in [5.41, 5.74) is 2.21. The topological polar surface area (TPSA) is 89.9 Å². The highest BCUT2D eigenvalue weighted by Crippen LogP contribution is 2.34. The first kappa shape index (κ1) is 26.4. The Kier molecular flexibility index (Phi) is 7.90. The van der Waals surface area contributed by atoms with Crippen molar-refractivity contribution in [2.24, 2.45) is 0 Å². The summed E-state index contributed by atoms with van der Waals surface area (Å²) >= 11 is 6.92. The number of carbonyl (C=O) groups is 3. The third kappa shape index (κ3) is 5.94. The van der Waals surface area contributed by atoms with Gasteiger partial charge in [-0.05, 0) is 54.2 Å². The fourth-order valence-corrected chi connectivity index (χ4v) is 5.31. The van der Waals surface area contributed by atoms with E-state index in [0.717, 1.165) is 38.9 Å². The van der Waals surface area contributed by atoms with Gasteiger partial charge in [0, 0.05) is 28.4 Å². The normalized spacial score (nSPS) is 14.3. The summed E-state index contributed by atoms with van der Waals surface area (Å²) in [6, 6.07) is 22.2. The Morgan fingerprint density at radius 2 is 1.82 bits per heavy atom. The number of amides is 3. The van der Waals surface area contributed by atoms with Crippen LogP contribution in [0.5, 0.6) is 11.5 Å². The van der Waals surface area contributed by atoms with Gasteiger partial charge in [-0.15, -0.1) is 0 Å². The molecule has 198 valence electrons. The number of thioether (sulfide) groups is 1. The fourth-order valence-electron chi connectivity index (χ4n) is 4.22. The molecule has 0 aliphatic carbocycles. The minimum absolute atomic E-state index is 0.253. The molecule has 1 fully saturated rings. The van der Waals surface area contributed by atoms with Gasteiger partial charge in [0.1, 0.15) is 24.7 Å². The van der Waals surface area contributed by atoms with Gasteiger partial charge in [0.2, 0.25) is 5.91 Å². The Bertz CT molecular complexity index is 1580. The summed E-state index contributed by atoms with van der Waals surface area (Å²) in [6.45, 7) is 0.650. The van der Waals surface area contributed by atoms with Crippen LogP contribution in [-0.4, -0.2) is 46.8 Å². The molecule has 5 rings (SSSR count). The van der Waals surface area contributed by atoms with Crippen LogP contribution in [0.4, 0.5) is 10.5 Å². The highest BCUT2D eigenvalue weighted by molar-refractivity contribution is 8.18. The van der Waals surface area contributed by atoms with Gasteiger partial charge in [-0.3, -0.25) is 19.3 Å². The van der Waals surface area contributed by atoms with E-state index in [1.807, 2.05) is 60.8 Å². The molecule has 3 aromatic carbocycles. The van der Waals surface area contributed by atoms with Gasteiger partial charge in [-0.2, -0.15) is 0 Å². The highest BCUT2D eigenvalue weighted by Gasteiger charge is 2.36. The molecule has 0 radical (unpaired) electrons. The van der Waals surface area contributed by atoms with Crippen molar-refractivity contribution < 1.29 is 23.9 Å². The number of ether oxygens (including phenoxy) is 2. The molecule has 4 aromatic rings. The molecule has 8 nitrogen and oxygen atoms in total. The molecule has 39 heavy (non-hydrogen) atoms. The van der Waals surface area contributed by atoms with Crippen LogP contribution in [0.2, 0.25) is 5.02 Å². The molecule has 1 saturated heterocycles. The van der Waals surface area contributed by atoms with E-state index in [9.17, 15) is 14.4 Å². The van der Waals surface area contributed by atoms with Crippen LogP contribution in [0, 0.1) is 0 Å². The van der Waals surface area contributed by atoms with E-state index in [2.05, 4.69) is 9.88 Å². The molecule has 0 unspecified atom stereocenters. The minimum Gasteiger partial charge on any atom is -0.495 e. The number of para-hydroxylation sites is 2. The molecule has 1 aliphatic rings. The van der Waals surface area contributed by atoms with E-state index in [1.165, 1.54) is 13.2 Å². The smallest absolute Gasteiger partial charge is 0.294 e. The van der Waals surface area contributed by atoms with E-state index in [0.29, 0.717) is 29.6 Å². The number of methoxy groups -OCH3 is 1. The number of halogens is 1. The van der Waals surface area contributed by atoms with E-state index in [-0.39, 0.29) is 4.91 Å². The molecule has 0 bridgehead atoms. The molecule has 10 heteroatoms. The lowest BCUT2D eigenvalue weighted by molar-refractivity contribution is -0.127. The maximum Gasteiger partial charge on any atom is 0.294 e. The van der Waals surface area contributed by atoms with Crippen molar-refractivity contribution in [3.8, 4) is 11.5 Å². The van der Waals surface area contributed by atoms with E-state index >= 15 is 0 Å². The first-order chi connectivity index (χ1) is 18.9. The number of hydrogen-bond donors (Lipinski definition) is 1. The lowest BCUT2D eigenvalue weighted by atomic mass is 10.1. The van der Waals surface area contributed by atoms with Crippen molar-refractivity contribution in [2.75, 3.05) is 25.6 Å². The summed E-state index contributed by atoms with van der Waals surface area (Å²) in [7, 11) is 1.49. The Morgan fingerprint density at radius 3 is 2.59 bits per heavy atom. The fraction of sp³-hybridized carbons (Fsp3) is 0.138. The average molecular weight is 562 g/mol. The molecule has 1 aromatic heterocycles. The number of hydrogen-bond acceptors (Lipinski definition) is 6. The molecule has 2 heterocycles. The third-order valence-electron chi connectivity index (χ3n) is 6.06. The molecule has 0 atom stereocenters. The zero-order chi connectivity index (χ0) is 27.4. The van der Waals surface area contributed by atoms with Gasteiger partial charge in [-0.25, -0.2) is 0 Å². The van der Waals surface area contributed by atoms with Crippen LogP contribution in [0.3, 0.4) is 0 Å². The van der Waals surface area contributed by atoms with Crippen molar-refractivity contribution in [3.05, 3.63) is 94.5 Å². The Hall–Kier alpha value is -4.21. The van der Waals surface area contributed by atoms with Crippen molar-refractivity contribution in [3.63, 3.8) is 0 Å². The zero-order valence-electron chi connectivity index (χ0n) is 20.9. The van der Waals surface area contributed by atoms with Crippen LogP contribution in [0.15, 0.2) is 83.9 Å². The quantitative estimate of drug-likeness (QED) is 0.250. The molecule has 1 N–H and O–H groups in total. The first-order valence-corrected chi connectivity index (χ1v) is 13.3. The number of imide groups is 1. The van der Waals surface area contributed by atoms with Crippen molar-refractivity contribution >= 4 is 63.1 Å². The van der Waals surface area contributed by atoms with Gasteiger partial charge < -0.3 is 19.4 Å². The predicted octanol–water partition coefficient (Wildman–Crippen LogP) is 6.06. The van der Waals surface area contributed by atoms with Gasteiger partial charge in [0.25, 0.3) is 11.1 Å². The van der Waals surface area contributed by atoms with Crippen molar-refractivity contribution in [1.82, 2.24) is 9.47 Å². The van der Waals surface area contributed by atoms with Crippen LogP contribution < -0.4 is 14.8 Å². The van der Waals surface area contributed by atoms with Crippen LogP contribution in [-0.2, 0) is 16.1 Å².